The first-order chi connectivity index (χ1) is 9.75. The summed E-state index contributed by atoms with van der Waals surface area (Å²) in [7, 11) is 0. The van der Waals surface area contributed by atoms with Crippen molar-refractivity contribution in [1.82, 2.24) is 5.32 Å². The molecular weight excluding hydrogens is 275 g/mol. The van der Waals surface area contributed by atoms with E-state index in [0.29, 0.717) is 5.92 Å². The quantitative estimate of drug-likeness (QED) is 0.807. The molecule has 4 heteroatoms. The zero-order chi connectivity index (χ0) is 15.7. The minimum absolute atomic E-state index is 0.134. The number of hydrogen-bond acceptors (Lipinski definition) is 1. The van der Waals surface area contributed by atoms with E-state index in [0.717, 1.165) is 18.5 Å². The molecule has 0 spiro atoms. The van der Waals surface area contributed by atoms with Crippen LogP contribution in [0.1, 0.15) is 57.2 Å². The van der Waals surface area contributed by atoms with Crippen molar-refractivity contribution >= 4 is 0 Å². The average molecular weight is 299 g/mol. The molecule has 21 heavy (non-hydrogen) atoms. The van der Waals surface area contributed by atoms with Crippen LogP contribution in [-0.2, 0) is 6.18 Å². The molecule has 1 aromatic rings. The molecule has 0 radical (unpaired) electrons. The summed E-state index contributed by atoms with van der Waals surface area (Å²) >= 11 is 0. The van der Waals surface area contributed by atoms with Crippen LogP contribution >= 0.6 is 0 Å². The summed E-state index contributed by atoms with van der Waals surface area (Å²) < 4.78 is 38.0. The van der Waals surface area contributed by atoms with E-state index in [2.05, 4.69) is 19.2 Å². The van der Waals surface area contributed by atoms with Crippen LogP contribution in [0.25, 0.3) is 0 Å². The van der Waals surface area contributed by atoms with Gasteiger partial charge >= 0.3 is 6.18 Å². The summed E-state index contributed by atoms with van der Waals surface area (Å²) in [6, 6.07) is 5.79. The summed E-state index contributed by atoms with van der Waals surface area (Å²) in [5.41, 5.74) is 0.618. The Labute approximate surface area is 124 Å². The SMILES string of the molecule is CCNC(c1ccc(C(F)(F)F)cc1)C1CCCC1(C)C. The zero-order valence-electron chi connectivity index (χ0n) is 12.9. The van der Waals surface area contributed by atoms with Gasteiger partial charge in [-0.25, -0.2) is 0 Å². The molecule has 1 N–H and O–H groups in total. The highest BCUT2D eigenvalue weighted by atomic mass is 19.4. The predicted molar refractivity (Wildman–Crippen MR) is 79.0 cm³/mol. The Morgan fingerprint density at radius 3 is 2.29 bits per heavy atom. The smallest absolute Gasteiger partial charge is 0.310 e. The second-order valence-electron chi connectivity index (χ2n) is 6.64. The van der Waals surface area contributed by atoms with Crippen LogP contribution < -0.4 is 5.32 Å². The van der Waals surface area contributed by atoms with E-state index >= 15 is 0 Å². The third-order valence-electron chi connectivity index (χ3n) is 4.76. The summed E-state index contributed by atoms with van der Waals surface area (Å²) in [6.07, 6.45) is -0.759. The molecule has 0 heterocycles. The average Bonchev–Trinajstić information content (AvgIpc) is 2.75. The summed E-state index contributed by atoms with van der Waals surface area (Å²) in [5, 5.41) is 3.47. The lowest BCUT2D eigenvalue weighted by Gasteiger charge is -2.35. The Balaban J connectivity index is 2.26. The van der Waals surface area contributed by atoms with E-state index in [9.17, 15) is 13.2 Å². The van der Waals surface area contributed by atoms with Gasteiger partial charge in [-0.15, -0.1) is 0 Å². The number of alkyl halides is 3. The van der Waals surface area contributed by atoms with Gasteiger partial charge in [0.15, 0.2) is 0 Å². The lowest BCUT2D eigenvalue weighted by Crippen LogP contribution is -2.34. The van der Waals surface area contributed by atoms with Crippen LogP contribution in [0.15, 0.2) is 24.3 Å². The van der Waals surface area contributed by atoms with Crippen molar-refractivity contribution in [3.63, 3.8) is 0 Å². The molecule has 1 aliphatic carbocycles. The van der Waals surface area contributed by atoms with Gasteiger partial charge in [0.1, 0.15) is 0 Å². The molecule has 1 saturated carbocycles. The fourth-order valence-corrected chi connectivity index (χ4v) is 3.56. The van der Waals surface area contributed by atoms with Gasteiger partial charge in [-0.1, -0.05) is 39.3 Å². The summed E-state index contributed by atoms with van der Waals surface area (Å²) in [4.78, 5) is 0. The lowest BCUT2D eigenvalue weighted by molar-refractivity contribution is -0.137. The van der Waals surface area contributed by atoms with Crippen LogP contribution in [0.4, 0.5) is 13.2 Å². The van der Waals surface area contributed by atoms with Gasteiger partial charge in [-0.2, -0.15) is 13.2 Å². The van der Waals surface area contributed by atoms with Gasteiger partial charge in [0, 0.05) is 6.04 Å². The largest absolute Gasteiger partial charge is 0.416 e. The highest BCUT2D eigenvalue weighted by Crippen LogP contribution is 2.48. The Kier molecular flexibility index (Phi) is 4.66. The minimum atomic E-state index is -4.27. The van der Waals surface area contributed by atoms with Crippen molar-refractivity contribution in [3.8, 4) is 0 Å². The Morgan fingerprint density at radius 2 is 1.86 bits per heavy atom. The maximum atomic E-state index is 12.7. The number of nitrogens with one attached hydrogen (secondary N) is 1. The van der Waals surface area contributed by atoms with Gasteiger partial charge in [0.2, 0.25) is 0 Å². The maximum absolute atomic E-state index is 12.7. The van der Waals surface area contributed by atoms with Gasteiger partial charge in [0.05, 0.1) is 5.56 Å². The number of rotatable bonds is 4. The molecule has 0 saturated heterocycles. The molecule has 2 atom stereocenters. The first kappa shape index (κ1) is 16.3. The Morgan fingerprint density at radius 1 is 1.24 bits per heavy atom. The van der Waals surface area contributed by atoms with Gasteiger partial charge in [-0.3, -0.25) is 0 Å². The van der Waals surface area contributed by atoms with Crippen molar-refractivity contribution in [2.75, 3.05) is 6.54 Å². The topological polar surface area (TPSA) is 12.0 Å². The van der Waals surface area contributed by atoms with Crippen LogP contribution in [0.3, 0.4) is 0 Å². The Bertz CT molecular complexity index is 462. The molecule has 0 aromatic heterocycles. The van der Waals surface area contributed by atoms with E-state index < -0.39 is 11.7 Å². The molecule has 1 nitrogen and oxygen atoms in total. The number of halogens is 3. The van der Waals surface area contributed by atoms with E-state index in [1.165, 1.54) is 25.0 Å². The molecule has 2 unspecified atom stereocenters. The van der Waals surface area contributed by atoms with Gasteiger partial charge in [0.25, 0.3) is 0 Å². The molecule has 0 bridgehead atoms. The van der Waals surface area contributed by atoms with E-state index in [1.807, 2.05) is 6.92 Å². The van der Waals surface area contributed by atoms with E-state index in [-0.39, 0.29) is 11.5 Å². The van der Waals surface area contributed by atoms with Crippen LogP contribution in [0.5, 0.6) is 0 Å². The first-order valence-electron chi connectivity index (χ1n) is 7.66. The molecule has 1 aromatic carbocycles. The maximum Gasteiger partial charge on any atom is 0.416 e. The van der Waals surface area contributed by atoms with Crippen molar-refractivity contribution in [3.05, 3.63) is 35.4 Å². The highest BCUT2D eigenvalue weighted by Gasteiger charge is 2.40. The lowest BCUT2D eigenvalue weighted by atomic mass is 9.75. The second kappa shape index (κ2) is 5.99. The fourth-order valence-electron chi connectivity index (χ4n) is 3.56. The number of hydrogen-bond donors (Lipinski definition) is 1. The second-order valence-corrected chi connectivity index (χ2v) is 6.64. The van der Waals surface area contributed by atoms with E-state index in [1.54, 1.807) is 12.1 Å². The highest BCUT2D eigenvalue weighted by molar-refractivity contribution is 5.28. The molecular formula is C17H24F3N. The molecule has 1 fully saturated rings. The van der Waals surface area contributed by atoms with Crippen molar-refractivity contribution < 1.29 is 13.2 Å². The third-order valence-corrected chi connectivity index (χ3v) is 4.76. The molecule has 0 aliphatic heterocycles. The molecule has 118 valence electrons. The summed E-state index contributed by atoms with van der Waals surface area (Å²) in [6.45, 7) is 7.38. The first-order valence-corrected chi connectivity index (χ1v) is 7.66. The zero-order valence-corrected chi connectivity index (χ0v) is 12.9. The van der Waals surface area contributed by atoms with Crippen molar-refractivity contribution in [2.45, 2.75) is 52.3 Å². The monoisotopic (exact) mass is 299 g/mol. The minimum Gasteiger partial charge on any atom is -0.310 e. The predicted octanol–water partition coefficient (Wildman–Crippen LogP) is 5.18. The normalized spacial score (nSPS) is 23.2. The molecule has 1 aliphatic rings. The van der Waals surface area contributed by atoms with Gasteiger partial charge in [-0.05, 0) is 48.4 Å². The van der Waals surface area contributed by atoms with Crippen LogP contribution in [-0.4, -0.2) is 6.54 Å². The third kappa shape index (κ3) is 3.60. The van der Waals surface area contributed by atoms with Crippen LogP contribution in [0.2, 0.25) is 0 Å². The Hall–Kier alpha value is -1.03. The molecule has 2 rings (SSSR count). The van der Waals surface area contributed by atoms with Gasteiger partial charge < -0.3 is 5.32 Å². The fraction of sp³-hybridized carbons (Fsp3) is 0.647. The van der Waals surface area contributed by atoms with Crippen LogP contribution in [0, 0.1) is 11.3 Å². The standard InChI is InChI=1S/C17H24F3N/c1-4-21-15(14-6-5-11-16(14,2)3)12-7-9-13(10-8-12)17(18,19)20/h7-10,14-15,21H,4-6,11H2,1-3H3. The molecule has 0 amide bonds. The van der Waals surface area contributed by atoms with Crippen molar-refractivity contribution in [2.24, 2.45) is 11.3 Å². The number of benzene rings is 1. The summed E-state index contributed by atoms with van der Waals surface area (Å²) in [5.74, 6) is 0.467. The van der Waals surface area contributed by atoms with E-state index in [4.69, 9.17) is 0 Å². The van der Waals surface area contributed by atoms with Crippen molar-refractivity contribution in [1.29, 1.82) is 0 Å².